The van der Waals surface area contributed by atoms with Gasteiger partial charge in [0.05, 0.1) is 6.10 Å². The highest BCUT2D eigenvalue weighted by atomic mass is 16.5. The molecule has 8 heteroatoms. The third-order valence-corrected chi connectivity index (χ3v) is 4.79. The maximum Gasteiger partial charge on any atom is 0.269 e. The summed E-state index contributed by atoms with van der Waals surface area (Å²) in [4.78, 5) is 23.6. The lowest BCUT2D eigenvalue weighted by Gasteiger charge is -2.34. The lowest BCUT2D eigenvalue weighted by molar-refractivity contribution is -0.0932. The van der Waals surface area contributed by atoms with Crippen molar-refractivity contribution in [2.24, 2.45) is 0 Å². The molecule has 2 aromatic heterocycles. The normalized spacial score (nSPS) is 24.0. The minimum Gasteiger partial charge on any atom is -0.363 e. The smallest absolute Gasteiger partial charge is 0.269 e. The summed E-state index contributed by atoms with van der Waals surface area (Å²) in [6, 6.07) is 3.79. The Balaban J connectivity index is 1.42. The van der Waals surface area contributed by atoms with Crippen molar-refractivity contribution in [1.29, 1.82) is 0 Å². The van der Waals surface area contributed by atoms with Gasteiger partial charge in [0.25, 0.3) is 11.8 Å². The van der Waals surface area contributed by atoms with E-state index in [0.717, 1.165) is 30.9 Å². The van der Waals surface area contributed by atoms with E-state index >= 15 is 0 Å². The fourth-order valence-corrected chi connectivity index (χ4v) is 3.33. The van der Waals surface area contributed by atoms with Gasteiger partial charge in [0.15, 0.2) is 5.82 Å². The molecule has 1 aliphatic heterocycles. The van der Waals surface area contributed by atoms with E-state index in [4.69, 9.17) is 9.26 Å². The maximum absolute atomic E-state index is 12.0. The molecule has 0 bridgehead atoms. The first kappa shape index (κ1) is 17.2. The van der Waals surface area contributed by atoms with Crippen molar-refractivity contribution in [2.45, 2.75) is 44.4 Å². The van der Waals surface area contributed by atoms with Crippen molar-refractivity contribution in [3.05, 3.63) is 35.2 Å². The van der Waals surface area contributed by atoms with Crippen molar-refractivity contribution in [2.75, 3.05) is 27.2 Å². The Morgan fingerprint density at radius 3 is 2.88 bits per heavy atom. The Labute approximate surface area is 152 Å². The van der Waals surface area contributed by atoms with Gasteiger partial charge in [-0.25, -0.2) is 0 Å². The van der Waals surface area contributed by atoms with Gasteiger partial charge in [-0.3, -0.25) is 9.69 Å². The summed E-state index contributed by atoms with van der Waals surface area (Å²) in [5.74, 6) is 1.82. The van der Waals surface area contributed by atoms with Gasteiger partial charge >= 0.3 is 0 Å². The number of hydrogen-bond acceptors (Lipinski definition) is 6. The molecule has 2 aliphatic rings. The highest BCUT2D eigenvalue weighted by molar-refractivity contribution is 5.92. The molecule has 0 unspecified atom stereocenters. The first-order valence-electron chi connectivity index (χ1n) is 9.10. The highest BCUT2D eigenvalue weighted by Gasteiger charge is 2.34. The van der Waals surface area contributed by atoms with Crippen molar-refractivity contribution >= 4 is 5.91 Å². The lowest BCUT2D eigenvalue weighted by Crippen LogP contribution is -2.42. The quantitative estimate of drug-likeness (QED) is 0.878. The number of morpholine rings is 1. The molecule has 0 aromatic carbocycles. The average molecular weight is 359 g/mol. The van der Waals surface area contributed by atoms with E-state index in [-0.39, 0.29) is 18.1 Å². The van der Waals surface area contributed by atoms with Gasteiger partial charge in [-0.2, -0.15) is 4.98 Å². The SMILES string of the molecule is C[C@@H]1CN(Cc2ccc(C(=O)N(C)C)[nH]2)C[C@H](c2nc(C3CC3)no2)O1. The molecule has 3 heterocycles. The van der Waals surface area contributed by atoms with E-state index in [9.17, 15) is 4.79 Å². The van der Waals surface area contributed by atoms with E-state index in [1.54, 1.807) is 19.0 Å². The Morgan fingerprint density at radius 2 is 2.15 bits per heavy atom. The largest absolute Gasteiger partial charge is 0.363 e. The summed E-state index contributed by atoms with van der Waals surface area (Å²) in [7, 11) is 3.49. The number of aromatic nitrogens is 3. The van der Waals surface area contributed by atoms with Crippen molar-refractivity contribution in [3.63, 3.8) is 0 Å². The number of nitrogens with one attached hydrogen (secondary N) is 1. The second-order valence-electron chi connectivity index (χ2n) is 7.49. The Bertz CT molecular complexity index is 779. The third kappa shape index (κ3) is 3.66. The molecular formula is C18H25N5O3. The van der Waals surface area contributed by atoms with Gasteiger partial charge in [0, 0.05) is 45.3 Å². The van der Waals surface area contributed by atoms with Gasteiger partial charge in [0.2, 0.25) is 0 Å². The van der Waals surface area contributed by atoms with Crippen molar-refractivity contribution in [1.82, 2.24) is 24.9 Å². The number of H-pyrrole nitrogens is 1. The molecule has 1 N–H and O–H groups in total. The molecule has 2 fully saturated rings. The van der Waals surface area contributed by atoms with Crippen LogP contribution in [0.25, 0.3) is 0 Å². The fourth-order valence-electron chi connectivity index (χ4n) is 3.33. The maximum atomic E-state index is 12.0. The molecular weight excluding hydrogens is 334 g/mol. The molecule has 1 saturated heterocycles. The van der Waals surface area contributed by atoms with Crippen LogP contribution in [0.1, 0.15) is 59.7 Å². The monoisotopic (exact) mass is 359 g/mol. The van der Waals surface area contributed by atoms with Crippen LogP contribution >= 0.6 is 0 Å². The minimum absolute atomic E-state index is 0.0251. The van der Waals surface area contributed by atoms with Crippen LogP contribution in [0.5, 0.6) is 0 Å². The summed E-state index contributed by atoms with van der Waals surface area (Å²) < 4.78 is 11.5. The van der Waals surface area contributed by atoms with Crippen molar-refractivity contribution < 1.29 is 14.1 Å². The van der Waals surface area contributed by atoms with Crippen LogP contribution in [0.2, 0.25) is 0 Å². The fraction of sp³-hybridized carbons (Fsp3) is 0.611. The van der Waals surface area contributed by atoms with Crippen LogP contribution < -0.4 is 0 Å². The van der Waals surface area contributed by atoms with Gasteiger partial charge in [-0.1, -0.05) is 5.16 Å². The second-order valence-corrected chi connectivity index (χ2v) is 7.49. The van der Waals surface area contributed by atoms with Crippen LogP contribution in [-0.4, -0.2) is 64.1 Å². The number of amides is 1. The third-order valence-electron chi connectivity index (χ3n) is 4.79. The topological polar surface area (TPSA) is 87.5 Å². The number of hydrogen-bond donors (Lipinski definition) is 1. The molecule has 1 aliphatic carbocycles. The number of carbonyl (C=O) groups is 1. The summed E-state index contributed by atoms with van der Waals surface area (Å²) in [5, 5.41) is 4.09. The molecule has 2 atom stereocenters. The number of carbonyl (C=O) groups excluding carboxylic acids is 1. The zero-order chi connectivity index (χ0) is 18.3. The molecule has 2 aromatic rings. The lowest BCUT2D eigenvalue weighted by atomic mass is 10.2. The van der Waals surface area contributed by atoms with Gasteiger partial charge < -0.3 is 19.1 Å². The van der Waals surface area contributed by atoms with Crippen molar-refractivity contribution in [3.8, 4) is 0 Å². The number of rotatable bonds is 5. The predicted molar refractivity (Wildman–Crippen MR) is 93.6 cm³/mol. The number of aromatic amines is 1. The van der Waals surface area contributed by atoms with Gasteiger partial charge in [0.1, 0.15) is 11.8 Å². The van der Waals surface area contributed by atoms with Crippen LogP contribution in [0.15, 0.2) is 16.7 Å². The zero-order valence-corrected chi connectivity index (χ0v) is 15.4. The zero-order valence-electron chi connectivity index (χ0n) is 15.4. The Kier molecular flexibility index (Phi) is 4.54. The Hall–Kier alpha value is -2.19. The molecule has 1 amide bonds. The highest BCUT2D eigenvalue weighted by Crippen LogP contribution is 2.39. The predicted octanol–water partition coefficient (Wildman–Crippen LogP) is 1.94. The number of ether oxygens (including phenoxy) is 1. The van der Waals surface area contributed by atoms with E-state index < -0.39 is 0 Å². The van der Waals surface area contributed by atoms with Crippen LogP contribution in [0.3, 0.4) is 0 Å². The standard InChI is InChI=1S/C18H25N5O3/c1-11-8-23(9-13-6-7-14(19-13)18(24)22(2)3)10-15(25-11)17-20-16(21-26-17)12-4-5-12/h6-7,11-12,15,19H,4-5,8-10H2,1-3H3/t11-,15-/m1/s1. The molecule has 0 radical (unpaired) electrons. The molecule has 4 rings (SSSR count). The van der Waals surface area contributed by atoms with Crippen LogP contribution in [0.4, 0.5) is 0 Å². The Morgan fingerprint density at radius 1 is 1.35 bits per heavy atom. The van der Waals surface area contributed by atoms with Gasteiger partial charge in [-0.15, -0.1) is 0 Å². The molecule has 140 valence electrons. The minimum atomic E-state index is -0.211. The molecule has 0 spiro atoms. The first-order chi connectivity index (χ1) is 12.5. The molecule has 1 saturated carbocycles. The van der Waals surface area contributed by atoms with Crippen LogP contribution in [-0.2, 0) is 11.3 Å². The first-order valence-corrected chi connectivity index (χ1v) is 9.10. The van der Waals surface area contributed by atoms with E-state index in [2.05, 4.69) is 20.0 Å². The van der Waals surface area contributed by atoms with Crippen LogP contribution in [0, 0.1) is 0 Å². The van der Waals surface area contributed by atoms with E-state index in [1.807, 2.05) is 19.1 Å². The summed E-state index contributed by atoms with van der Waals surface area (Å²) in [6.45, 7) is 4.27. The molecule has 8 nitrogen and oxygen atoms in total. The van der Waals surface area contributed by atoms with E-state index in [1.165, 1.54) is 0 Å². The summed E-state index contributed by atoms with van der Waals surface area (Å²) in [5.41, 5.74) is 1.61. The van der Waals surface area contributed by atoms with E-state index in [0.29, 0.717) is 30.6 Å². The number of nitrogens with zero attached hydrogens (tertiary/aromatic N) is 4. The second kappa shape index (κ2) is 6.85. The summed E-state index contributed by atoms with van der Waals surface area (Å²) in [6.07, 6.45) is 2.15. The average Bonchev–Trinajstić information content (AvgIpc) is 3.15. The van der Waals surface area contributed by atoms with Gasteiger partial charge in [-0.05, 0) is 31.9 Å². The molecule has 26 heavy (non-hydrogen) atoms. The summed E-state index contributed by atoms with van der Waals surface area (Å²) >= 11 is 0.